The van der Waals surface area contributed by atoms with Crippen molar-refractivity contribution in [3.05, 3.63) is 77.9 Å². The molecule has 3 heterocycles. The molecule has 208 valence electrons. The Bertz CT molecular complexity index is 1330. The molecular weight excluding hydrogens is 526 g/mol. The van der Waals surface area contributed by atoms with Crippen molar-refractivity contribution in [1.82, 2.24) is 21.3 Å². The second kappa shape index (κ2) is 11.4. The molecule has 0 aromatic heterocycles. The zero-order chi connectivity index (χ0) is 27.6. The smallest absolute Gasteiger partial charge is 0.326 e. The average molecular weight is 560 g/mol. The summed E-state index contributed by atoms with van der Waals surface area (Å²) in [5, 5.41) is 12.7. The molecule has 9 nitrogen and oxygen atoms in total. The third kappa shape index (κ3) is 5.21. The summed E-state index contributed by atoms with van der Waals surface area (Å²) in [5.41, 5.74) is 1.48. The van der Waals surface area contributed by atoms with Crippen molar-refractivity contribution < 1.29 is 19.1 Å². The number of urea groups is 1. The normalized spacial score (nSPS) is 27.4. The number of carbonyl (C=O) groups is 3. The van der Waals surface area contributed by atoms with Crippen LogP contribution in [0.15, 0.2) is 77.9 Å². The van der Waals surface area contributed by atoms with Gasteiger partial charge in [0.2, 0.25) is 5.91 Å². The third-order valence-electron chi connectivity index (χ3n) is 8.04. The highest BCUT2D eigenvalue weighted by Gasteiger charge is 2.52. The first-order valence-corrected chi connectivity index (χ1v) is 14.7. The predicted molar refractivity (Wildman–Crippen MR) is 155 cm³/mol. The largest absolute Gasteiger partial charge is 0.457 e. The Hall–Kier alpha value is -3.76. The van der Waals surface area contributed by atoms with E-state index in [-0.39, 0.29) is 47.3 Å². The van der Waals surface area contributed by atoms with Crippen molar-refractivity contribution in [1.29, 1.82) is 0 Å². The number of nitrogens with one attached hydrogen (secondary N) is 4. The number of thioether (sulfide) groups is 1. The van der Waals surface area contributed by atoms with Crippen LogP contribution < -0.4 is 30.9 Å². The number of anilines is 1. The number of amides is 4. The number of hydrogen-bond donors (Lipinski definition) is 4. The summed E-state index contributed by atoms with van der Waals surface area (Å²) in [6.07, 6.45) is 5.61. The molecule has 2 aromatic carbocycles. The molecule has 2 saturated heterocycles. The molecule has 4 N–H and O–H groups in total. The second-order valence-electron chi connectivity index (χ2n) is 10.5. The highest BCUT2D eigenvalue weighted by Crippen LogP contribution is 2.48. The molecule has 4 amide bonds. The lowest BCUT2D eigenvalue weighted by molar-refractivity contribution is -0.120. The van der Waals surface area contributed by atoms with Gasteiger partial charge in [-0.05, 0) is 68.3 Å². The number of piperidine rings is 1. The van der Waals surface area contributed by atoms with Gasteiger partial charge < -0.3 is 26.0 Å². The maximum absolute atomic E-state index is 13.6. The molecule has 3 fully saturated rings. The molecule has 0 bridgehead atoms. The molecule has 1 aliphatic carbocycles. The molecule has 40 heavy (non-hydrogen) atoms. The number of nitrogens with zero attached hydrogens (tertiary/aromatic N) is 1. The Morgan fingerprint density at radius 3 is 2.40 bits per heavy atom. The van der Waals surface area contributed by atoms with E-state index in [1.165, 1.54) is 17.8 Å². The Morgan fingerprint density at radius 1 is 0.975 bits per heavy atom. The molecule has 10 heteroatoms. The van der Waals surface area contributed by atoms with Crippen molar-refractivity contribution in [2.75, 3.05) is 11.4 Å². The fourth-order valence-electron chi connectivity index (χ4n) is 6.17. The lowest BCUT2D eigenvalue weighted by Gasteiger charge is -2.45. The van der Waals surface area contributed by atoms with E-state index in [0.29, 0.717) is 16.4 Å². The van der Waals surface area contributed by atoms with Crippen LogP contribution in [-0.2, 0) is 9.59 Å². The summed E-state index contributed by atoms with van der Waals surface area (Å²) in [7, 11) is 0. The lowest BCUT2D eigenvalue weighted by Crippen LogP contribution is -2.62. The van der Waals surface area contributed by atoms with Crippen LogP contribution in [0.25, 0.3) is 0 Å². The third-order valence-corrected chi connectivity index (χ3v) is 9.39. The summed E-state index contributed by atoms with van der Waals surface area (Å²) in [6, 6.07) is 16.5. The number of rotatable bonds is 7. The monoisotopic (exact) mass is 559 g/mol. The summed E-state index contributed by atoms with van der Waals surface area (Å²) < 4.78 is 5.92. The van der Waals surface area contributed by atoms with Gasteiger partial charge in [-0.15, -0.1) is 0 Å². The SMILES string of the molecule is C=CC(=O)N[C@@H]1CCCC[C@@H]1NC(=O)C1=C2NC(=O)N(c3ccc(Oc4ccccc4)cc3)C3CCNC(S1)C23. The minimum absolute atomic E-state index is 0.0130. The maximum Gasteiger partial charge on any atom is 0.326 e. The van der Waals surface area contributed by atoms with Crippen LogP contribution >= 0.6 is 11.8 Å². The molecule has 3 aliphatic heterocycles. The van der Waals surface area contributed by atoms with Crippen LogP contribution in [-0.4, -0.2) is 47.9 Å². The van der Waals surface area contributed by atoms with Gasteiger partial charge in [0.15, 0.2) is 0 Å². The summed E-state index contributed by atoms with van der Waals surface area (Å²) in [5.74, 6) is 0.965. The van der Waals surface area contributed by atoms with Crippen LogP contribution in [0, 0.1) is 5.92 Å². The summed E-state index contributed by atoms with van der Waals surface area (Å²) >= 11 is 1.48. The molecule has 0 spiro atoms. The molecule has 2 aromatic rings. The maximum atomic E-state index is 13.6. The quantitative estimate of drug-likeness (QED) is 0.382. The second-order valence-corrected chi connectivity index (χ2v) is 11.7. The van der Waals surface area contributed by atoms with Gasteiger partial charge in [0.25, 0.3) is 5.91 Å². The minimum Gasteiger partial charge on any atom is -0.457 e. The van der Waals surface area contributed by atoms with Crippen LogP contribution in [0.3, 0.4) is 0 Å². The summed E-state index contributed by atoms with van der Waals surface area (Å²) in [6.45, 7) is 4.29. The van der Waals surface area contributed by atoms with E-state index in [9.17, 15) is 14.4 Å². The van der Waals surface area contributed by atoms with Gasteiger partial charge in [0, 0.05) is 29.4 Å². The van der Waals surface area contributed by atoms with Crippen LogP contribution in [0.2, 0.25) is 0 Å². The van der Waals surface area contributed by atoms with Gasteiger partial charge in [0.05, 0.1) is 16.3 Å². The zero-order valence-electron chi connectivity index (χ0n) is 22.1. The topological polar surface area (TPSA) is 112 Å². The fraction of sp³-hybridized carbons (Fsp3) is 0.367. The summed E-state index contributed by atoms with van der Waals surface area (Å²) in [4.78, 5) is 41.4. The van der Waals surface area contributed by atoms with Gasteiger partial charge in [-0.2, -0.15) is 0 Å². The fourth-order valence-corrected chi connectivity index (χ4v) is 7.57. The van der Waals surface area contributed by atoms with E-state index in [4.69, 9.17) is 4.74 Å². The highest BCUT2D eigenvalue weighted by atomic mass is 32.2. The van der Waals surface area contributed by atoms with E-state index in [1.807, 2.05) is 59.5 Å². The van der Waals surface area contributed by atoms with Crippen LogP contribution in [0.5, 0.6) is 11.5 Å². The van der Waals surface area contributed by atoms with Gasteiger partial charge in [0.1, 0.15) is 11.5 Å². The van der Waals surface area contributed by atoms with E-state index in [1.54, 1.807) is 0 Å². The molecular formula is C30H33N5O4S. The van der Waals surface area contributed by atoms with E-state index in [0.717, 1.165) is 50.1 Å². The van der Waals surface area contributed by atoms with E-state index >= 15 is 0 Å². The van der Waals surface area contributed by atoms with E-state index in [2.05, 4.69) is 27.8 Å². The van der Waals surface area contributed by atoms with Crippen LogP contribution in [0.1, 0.15) is 32.1 Å². The molecule has 3 unspecified atom stereocenters. The number of hydrogen-bond acceptors (Lipinski definition) is 6. The van der Waals surface area contributed by atoms with Crippen molar-refractivity contribution in [2.24, 2.45) is 5.92 Å². The van der Waals surface area contributed by atoms with Gasteiger partial charge in [-0.1, -0.05) is 49.4 Å². The van der Waals surface area contributed by atoms with Gasteiger partial charge >= 0.3 is 6.03 Å². The Labute approximate surface area is 237 Å². The first kappa shape index (κ1) is 26.5. The minimum atomic E-state index is -0.241. The average Bonchev–Trinajstić information content (AvgIpc) is 3.35. The molecule has 5 atom stereocenters. The number of ether oxygens (including phenoxy) is 1. The lowest BCUT2D eigenvalue weighted by atomic mass is 9.86. The Morgan fingerprint density at radius 2 is 1.68 bits per heavy atom. The van der Waals surface area contributed by atoms with Crippen molar-refractivity contribution >= 4 is 35.3 Å². The van der Waals surface area contributed by atoms with Crippen molar-refractivity contribution in [2.45, 2.75) is 55.6 Å². The van der Waals surface area contributed by atoms with Crippen molar-refractivity contribution in [3.63, 3.8) is 0 Å². The highest BCUT2D eigenvalue weighted by molar-refractivity contribution is 8.04. The Balaban J connectivity index is 1.20. The predicted octanol–water partition coefficient (Wildman–Crippen LogP) is 4.00. The van der Waals surface area contributed by atoms with Gasteiger partial charge in [-0.25, -0.2) is 4.79 Å². The molecule has 4 aliphatic rings. The van der Waals surface area contributed by atoms with Gasteiger partial charge in [-0.3, -0.25) is 14.5 Å². The first-order valence-electron chi connectivity index (χ1n) is 13.8. The van der Waals surface area contributed by atoms with Crippen LogP contribution in [0.4, 0.5) is 10.5 Å². The number of carbonyl (C=O) groups excluding carboxylic acids is 3. The number of benzene rings is 2. The molecule has 0 radical (unpaired) electrons. The first-order chi connectivity index (χ1) is 19.5. The molecule has 6 rings (SSSR count). The standard InChI is InChI=1S/C30H33N5O4S/c1-2-24(36)32-21-10-6-7-11-22(21)33-28(37)27-26-25-23(16-17-31-29(25)40-27)35(30(38)34-26)18-12-14-20(15-13-18)39-19-8-4-3-5-9-19/h2-5,8-9,12-15,21-23,25,29,31H,1,6-7,10-11,16-17H2,(H,32,36)(H,33,37)(H,34,38)/t21-,22+,23?,25?,29?/m1/s1. The zero-order valence-corrected chi connectivity index (χ0v) is 22.9. The van der Waals surface area contributed by atoms with Crippen molar-refractivity contribution in [3.8, 4) is 11.5 Å². The van der Waals surface area contributed by atoms with E-state index < -0.39 is 0 Å². The molecule has 1 saturated carbocycles. The number of para-hydroxylation sites is 1. The Kier molecular flexibility index (Phi) is 7.53.